The second kappa shape index (κ2) is 6.72. The van der Waals surface area contributed by atoms with E-state index in [1.165, 1.54) is 22.2 Å². The van der Waals surface area contributed by atoms with Crippen LogP contribution in [-0.2, 0) is 13.6 Å². The Hall–Kier alpha value is -2.40. The van der Waals surface area contributed by atoms with Gasteiger partial charge in [-0.05, 0) is 39.0 Å². The average molecular weight is 349 g/mol. The lowest BCUT2D eigenvalue weighted by atomic mass is 10.2. The van der Waals surface area contributed by atoms with Crippen molar-refractivity contribution >= 4 is 16.7 Å². The molecule has 3 aromatic rings. The van der Waals surface area contributed by atoms with Crippen LogP contribution in [0.25, 0.3) is 10.9 Å². The number of hydrogen-bond donors (Lipinski definition) is 0. The lowest BCUT2D eigenvalue weighted by Gasteiger charge is -2.35. The number of anilines is 1. The highest BCUT2D eigenvalue weighted by molar-refractivity contribution is 5.82. The molecule has 3 heterocycles. The first kappa shape index (κ1) is 17.0. The summed E-state index contributed by atoms with van der Waals surface area (Å²) in [5.74, 6) is 1.05. The third-order valence-corrected chi connectivity index (χ3v) is 5.41. The molecule has 0 spiro atoms. The number of aryl methyl sites for hydroxylation is 4. The van der Waals surface area contributed by atoms with Gasteiger partial charge in [0.15, 0.2) is 0 Å². The van der Waals surface area contributed by atoms with Gasteiger partial charge in [-0.15, -0.1) is 0 Å². The van der Waals surface area contributed by atoms with Crippen molar-refractivity contribution < 1.29 is 0 Å². The van der Waals surface area contributed by atoms with Gasteiger partial charge in [0, 0.05) is 62.6 Å². The van der Waals surface area contributed by atoms with Crippen molar-refractivity contribution in [2.75, 3.05) is 31.1 Å². The molecular formula is C21H27N5. The minimum absolute atomic E-state index is 0.985. The minimum atomic E-state index is 0.985. The van der Waals surface area contributed by atoms with Crippen molar-refractivity contribution in [1.82, 2.24) is 19.4 Å². The molecule has 136 valence electrons. The van der Waals surface area contributed by atoms with Crippen LogP contribution in [0.4, 0.5) is 5.82 Å². The fourth-order valence-electron chi connectivity index (χ4n) is 3.85. The Morgan fingerprint density at radius 2 is 1.77 bits per heavy atom. The summed E-state index contributed by atoms with van der Waals surface area (Å²) in [6.45, 7) is 11.3. The van der Waals surface area contributed by atoms with Crippen LogP contribution >= 0.6 is 0 Å². The normalized spacial score (nSPS) is 15.8. The fraction of sp³-hybridized carbons (Fsp3) is 0.429. The van der Waals surface area contributed by atoms with Gasteiger partial charge in [-0.2, -0.15) is 0 Å². The van der Waals surface area contributed by atoms with E-state index in [0.717, 1.165) is 49.9 Å². The molecule has 2 aromatic heterocycles. The molecule has 5 heteroatoms. The van der Waals surface area contributed by atoms with Crippen molar-refractivity contribution in [3.63, 3.8) is 0 Å². The van der Waals surface area contributed by atoms with Crippen LogP contribution in [0.3, 0.4) is 0 Å². The van der Waals surface area contributed by atoms with Crippen LogP contribution in [0.2, 0.25) is 0 Å². The van der Waals surface area contributed by atoms with Crippen LogP contribution in [-0.4, -0.2) is 45.6 Å². The van der Waals surface area contributed by atoms with E-state index in [1.54, 1.807) is 0 Å². The van der Waals surface area contributed by atoms with Crippen molar-refractivity contribution in [2.24, 2.45) is 7.05 Å². The topological polar surface area (TPSA) is 37.2 Å². The Labute approximate surface area is 155 Å². The maximum absolute atomic E-state index is 4.70. The Kier molecular flexibility index (Phi) is 4.41. The Bertz CT molecular complexity index is 935. The van der Waals surface area contributed by atoms with Gasteiger partial charge in [0.2, 0.25) is 0 Å². The van der Waals surface area contributed by atoms with Crippen LogP contribution in [0, 0.1) is 20.8 Å². The standard InChI is InChI=1S/C21H27N5/c1-15-5-6-20-18(11-15)12-19(24(20)4)14-25-7-9-26(10-8-25)21-17(3)22-13-16(2)23-21/h5-6,11-13H,7-10,14H2,1-4H3. The molecule has 1 saturated heterocycles. The van der Waals surface area contributed by atoms with Crippen LogP contribution < -0.4 is 4.90 Å². The van der Waals surface area contributed by atoms with Crippen molar-refractivity contribution in [3.8, 4) is 0 Å². The van der Waals surface area contributed by atoms with Gasteiger partial charge >= 0.3 is 0 Å². The summed E-state index contributed by atoms with van der Waals surface area (Å²) in [7, 11) is 2.18. The van der Waals surface area contributed by atoms with Crippen LogP contribution in [0.15, 0.2) is 30.5 Å². The quantitative estimate of drug-likeness (QED) is 0.728. The zero-order valence-corrected chi connectivity index (χ0v) is 16.2. The maximum atomic E-state index is 4.70. The lowest BCUT2D eigenvalue weighted by molar-refractivity contribution is 0.244. The highest BCUT2D eigenvalue weighted by atomic mass is 15.3. The molecule has 4 rings (SSSR count). The van der Waals surface area contributed by atoms with E-state index in [-0.39, 0.29) is 0 Å². The summed E-state index contributed by atoms with van der Waals surface area (Å²) >= 11 is 0. The molecule has 0 unspecified atom stereocenters. The van der Waals surface area contributed by atoms with Gasteiger partial charge in [-0.25, -0.2) is 4.98 Å². The molecule has 0 bridgehead atoms. The number of nitrogens with zero attached hydrogens (tertiary/aromatic N) is 5. The Morgan fingerprint density at radius 3 is 2.54 bits per heavy atom. The molecule has 0 N–H and O–H groups in total. The van der Waals surface area contributed by atoms with Gasteiger partial charge in [0.1, 0.15) is 5.82 Å². The molecular weight excluding hydrogens is 322 g/mol. The second-order valence-corrected chi connectivity index (χ2v) is 7.44. The zero-order chi connectivity index (χ0) is 18.3. The summed E-state index contributed by atoms with van der Waals surface area (Å²) in [4.78, 5) is 14.1. The fourth-order valence-corrected chi connectivity index (χ4v) is 3.85. The molecule has 1 aliphatic rings. The van der Waals surface area contributed by atoms with E-state index < -0.39 is 0 Å². The second-order valence-electron chi connectivity index (χ2n) is 7.44. The smallest absolute Gasteiger partial charge is 0.150 e. The molecule has 1 aromatic carbocycles. The lowest BCUT2D eigenvalue weighted by Crippen LogP contribution is -2.46. The minimum Gasteiger partial charge on any atom is -0.353 e. The number of rotatable bonds is 3. The first-order valence-electron chi connectivity index (χ1n) is 9.34. The van der Waals surface area contributed by atoms with E-state index in [2.05, 4.69) is 57.6 Å². The molecule has 0 saturated carbocycles. The van der Waals surface area contributed by atoms with Crippen molar-refractivity contribution in [1.29, 1.82) is 0 Å². The molecule has 0 atom stereocenters. The number of fused-ring (bicyclic) bond motifs is 1. The van der Waals surface area contributed by atoms with E-state index in [0.29, 0.717) is 0 Å². The largest absolute Gasteiger partial charge is 0.353 e. The predicted molar refractivity (Wildman–Crippen MR) is 107 cm³/mol. The van der Waals surface area contributed by atoms with Crippen molar-refractivity contribution in [2.45, 2.75) is 27.3 Å². The molecule has 0 amide bonds. The number of hydrogen-bond acceptors (Lipinski definition) is 4. The van der Waals surface area contributed by atoms with Gasteiger partial charge in [-0.3, -0.25) is 9.88 Å². The van der Waals surface area contributed by atoms with Gasteiger partial charge in [-0.1, -0.05) is 11.6 Å². The predicted octanol–water partition coefficient (Wildman–Crippen LogP) is 3.22. The highest BCUT2D eigenvalue weighted by Crippen LogP contribution is 2.22. The zero-order valence-electron chi connectivity index (χ0n) is 16.2. The molecule has 1 fully saturated rings. The SMILES string of the molecule is Cc1ccc2c(c1)cc(CN1CCN(c3nc(C)cnc3C)CC1)n2C. The third-order valence-electron chi connectivity index (χ3n) is 5.41. The summed E-state index contributed by atoms with van der Waals surface area (Å²) in [5.41, 5.74) is 6.02. The molecule has 5 nitrogen and oxygen atoms in total. The van der Waals surface area contributed by atoms with E-state index in [1.807, 2.05) is 20.0 Å². The third kappa shape index (κ3) is 3.19. The summed E-state index contributed by atoms with van der Waals surface area (Å²) in [6, 6.07) is 9.03. The Morgan fingerprint density at radius 1 is 1.00 bits per heavy atom. The molecule has 0 aliphatic carbocycles. The first-order valence-corrected chi connectivity index (χ1v) is 9.34. The summed E-state index contributed by atoms with van der Waals surface area (Å²) < 4.78 is 2.33. The van der Waals surface area contributed by atoms with Crippen molar-refractivity contribution in [3.05, 3.63) is 53.1 Å². The maximum Gasteiger partial charge on any atom is 0.150 e. The molecule has 1 aliphatic heterocycles. The van der Waals surface area contributed by atoms with Gasteiger partial charge in [0.25, 0.3) is 0 Å². The van der Waals surface area contributed by atoms with E-state index in [4.69, 9.17) is 4.98 Å². The van der Waals surface area contributed by atoms with Gasteiger partial charge < -0.3 is 9.47 Å². The highest BCUT2D eigenvalue weighted by Gasteiger charge is 2.21. The van der Waals surface area contributed by atoms with Crippen LogP contribution in [0.1, 0.15) is 22.6 Å². The van der Waals surface area contributed by atoms with Gasteiger partial charge in [0.05, 0.1) is 11.4 Å². The molecule has 26 heavy (non-hydrogen) atoms. The van der Waals surface area contributed by atoms with E-state index in [9.17, 15) is 0 Å². The Balaban J connectivity index is 1.46. The monoisotopic (exact) mass is 349 g/mol. The summed E-state index contributed by atoms with van der Waals surface area (Å²) in [6.07, 6.45) is 1.84. The molecule has 0 radical (unpaired) electrons. The average Bonchev–Trinajstić information content (AvgIpc) is 2.93. The number of piperazine rings is 1. The van der Waals surface area contributed by atoms with Crippen LogP contribution in [0.5, 0.6) is 0 Å². The number of benzene rings is 1. The summed E-state index contributed by atoms with van der Waals surface area (Å²) in [5, 5.41) is 1.34. The van der Waals surface area contributed by atoms with E-state index >= 15 is 0 Å². The number of aromatic nitrogens is 3. The first-order chi connectivity index (χ1) is 12.5.